The van der Waals surface area contributed by atoms with Gasteiger partial charge in [0.05, 0.1) is 19.8 Å². The van der Waals surface area contributed by atoms with Crippen molar-refractivity contribution in [3.63, 3.8) is 0 Å². The van der Waals surface area contributed by atoms with Crippen LogP contribution < -0.4 is 0 Å². The number of rotatable bonds is 8. The molecule has 116 valence electrons. The molecule has 0 aromatic rings. The van der Waals surface area contributed by atoms with Crippen LogP contribution in [-0.4, -0.2) is 54.1 Å². The van der Waals surface area contributed by atoms with Gasteiger partial charge in [-0.1, -0.05) is 12.8 Å². The fraction of sp³-hybridized carbons (Fsp3) is 0.867. The minimum Gasteiger partial charge on any atom is -0.465 e. The summed E-state index contributed by atoms with van der Waals surface area (Å²) < 4.78 is 4.97. The van der Waals surface area contributed by atoms with E-state index in [0.717, 1.165) is 12.8 Å². The Morgan fingerprint density at radius 3 is 2.40 bits per heavy atom. The molecule has 1 N–H and O–H groups in total. The lowest BCUT2D eigenvalue weighted by molar-refractivity contribution is -0.158. The molecule has 20 heavy (non-hydrogen) atoms. The number of nitrogens with zero attached hydrogens (tertiary/aromatic N) is 1. The van der Waals surface area contributed by atoms with Crippen molar-refractivity contribution in [1.82, 2.24) is 4.90 Å². The SMILES string of the molecule is CCOC(=O)C(C)(C)C(=O)CN(CCO)C1CCCC1. The highest BCUT2D eigenvalue weighted by Crippen LogP contribution is 2.25. The third kappa shape index (κ3) is 4.28. The maximum absolute atomic E-state index is 12.4. The molecule has 0 aliphatic heterocycles. The van der Waals surface area contributed by atoms with Crippen molar-refractivity contribution in [1.29, 1.82) is 0 Å². The van der Waals surface area contributed by atoms with Crippen molar-refractivity contribution in [3.8, 4) is 0 Å². The predicted molar refractivity (Wildman–Crippen MR) is 76.3 cm³/mol. The van der Waals surface area contributed by atoms with E-state index in [-0.39, 0.29) is 25.5 Å². The first kappa shape index (κ1) is 17.1. The van der Waals surface area contributed by atoms with Crippen LogP contribution in [0.4, 0.5) is 0 Å². The van der Waals surface area contributed by atoms with E-state index in [9.17, 15) is 9.59 Å². The molecule has 1 aliphatic rings. The van der Waals surface area contributed by atoms with Crippen LogP contribution in [0.1, 0.15) is 46.5 Å². The highest BCUT2D eigenvalue weighted by molar-refractivity contribution is 6.03. The number of ether oxygens (including phenoxy) is 1. The molecule has 1 rings (SSSR count). The lowest BCUT2D eigenvalue weighted by Crippen LogP contribution is -2.46. The molecular formula is C15H27NO4. The molecule has 0 bridgehead atoms. The lowest BCUT2D eigenvalue weighted by atomic mass is 9.87. The maximum atomic E-state index is 12.4. The van der Waals surface area contributed by atoms with Crippen molar-refractivity contribution >= 4 is 11.8 Å². The van der Waals surface area contributed by atoms with Gasteiger partial charge in [-0.15, -0.1) is 0 Å². The topological polar surface area (TPSA) is 66.8 Å². The van der Waals surface area contributed by atoms with Crippen LogP contribution in [0, 0.1) is 5.41 Å². The molecule has 0 spiro atoms. The third-order valence-corrected chi connectivity index (χ3v) is 4.06. The zero-order chi connectivity index (χ0) is 15.2. The van der Waals surface area contributed by atoms with Gasteiger partial charge in [-0.3, -0.25) is 14.5 Å². The fourth-order valence-electron chi connectivity index (χ4n) is 2.60. The summed E-state index contributed by atoms with van der Waals surface area (Å²) in [6.45, 7) is 5.95. The molecule has 1 fully saturated rings. The normalized spacial score (nSPS) is 16.6. The Kier molecular flexibility index (Phi) is 6.62. The van der Waals surface area contributed by atoms with Crippen LogP contribution in [0.2, 0.25) is 0 Å². The number of aliphatic hydroxyl groups is 1. The second-order valence-electron chi connectivity index (χ2n) is 5.90. The van der Waals surface area contributed by atoms with Crippen LogP contribution in [0.3, 0.4) is 0 Å². The van der Waals surface area contributed by atoms with Crippen molar-refractivity contribution in [2.75, 3.05) is 26.3 Å². The van der Waals surface area contributed by atoms with Gasteiger partial charge in [0.1, 0.15) is 5.41 Å². The monoisotopic (exact) mass is 285 g/mol. The summed E-state index contributed by atoms with van der Waals surface area (Å²) in [5.41, 5.74) is -1.12. The predicted octanol–water partition coefficient (Wildman–Crippen LogP) is 1.38. The molecule has 1 aliphatic carbocycles. The van der Waals surface area contributed by atoms with Gasteiger partial charge in [0.15, 0.2) is 5.78 Å². The second kappa shape index (κ2) is 7.74. The second-order valence-corrected chi connectivity index (χ2v) is 5.90. The molecule has 0 heterocycles. The van der Waals surface area contributed by atoms with E-state index in [2.05, 4.69) is 0 Å². The largest absolute Gasteiger partial charge is 0.465 e. The Balaban J connectivity index is 2.66. The minimum atomic E-state index is -1.12. The van der Waals surface area contributed by atoms with E-state index < -0.39 is 11.4 Å². The highest BCUT2D eigenvalue weighted by Gasteiger charge is 2.38. The molecule has 0 radical (unpaired) electrons. The van der Waals surface area contributed by atoms with Gasteiger partial charge in [-0.05, 0) is 33.6 Å². The van der Waals surface area contributed by atoms with Gasteiger partial charge >= 0.3 is 5.97 Å². The average Bonchev–Trinajstić information content (AvgIpc) is 2.92. The number of esters is 1. The Morgan fingerprint density at radius 2 is 1.90 bits per heavy atom. The molecular weight excluding hydrogens is 258 g/mol. The van der Waals surface area contributed by atoms with Gasteiger partial charge in [-0.25, -0.2) is 0 Å². The number of hydrogen-bond donors (Lipinski definition) is 1. The molecule has 0 saturated heterocycles. The van der Waals surface area contributed by atoms with E-state index in [4.69, 9.17) is 9.84 Å². The Labute approximate surface area is 121 Å². The number of hydrogen-bond acceptors (Lipinski definition) is 5. The van der Waals surface area contributed by atoms with E-state index in [1.54, 1.807) is 20.8 Å². The van der Waals surface area contributed by atoms with Crippen LogP contribution >= 0.6 is 0 Å². The molecule has 1 saturated carbocycles. The molecule has 5 nitrogen and oxygen atoms in total. The number of carbonyl (C=O) groups is 2. The Bertz CT molecular complexity index is 335. The van der Waals surface area contributed by atoms with Gasteiger partial charge in [0, 0.05) is 12.6 Å². The van der Waals surface area contributed by atoms with Crippen LogP contribution in [0.25, 0.3) is 0 Å². The first-order valence-corrected chi connectivity index (χ1v) is 7.49. The Morgan fingerprint density at radius 1 is 1.30 bits per heavy atom. The van der Waals surface area contributed by atoms with E-state index in [1.165, 1.54) is 12.8 Å². The van der Waals surface area contributed by atoms with Gasteiger partial charge in [-0.2, -0.15) is 0 Å². The van der Waals surface area contributed by atoms with E-state index >= 15 is 0 Å². The fourth-order valence-corrected chi connectivity index (χ4v) is 2.60. The maximum Gasteiger partial charge on any atom is 0.319 e. The highest BCUT2D eigenvalue weighted by atomic mass is 16.5. The van der Waals surface area contributed by atoms with Gasteiger partial charge in [0.25, 0.3) is 0 Å². The molecule has 0 atom stereocenters. The zero-order valence-electron chi connectivity index (χ0n) is 12.9. The summed E-state index contributed by atoms with van der Waals surface area (Å²) in [6.07, 6.45) is 4.46. The van der Waals surface area contributed by atoms with Crippen molar-refractivity contribution < 1.29 is 19.4 Å². The summed E-state index contributed by atoms with van der Waals surface area (Å²) in [5, 5.41) is 9.16. The molecule has 0 unspecified atom stereocenters. The molecule has 0 amide bonds. The molecule has 0 aromatic heterocycles. The summed E-state index contributed by atoms with van der Waals surface area (Å²) >= 11 is 0. The smallest absolute Gasteiger partial charge is 0.319 e. The van der Waals surface area contributed by atoms with E-state index in [1.807, 2.05) is 4.90 Å². The van der Waals surface area contributed by atoms with Crippen molar-refractivity contribution in [2.24, 2.45) is 5.41 Å². The average molecular weight is 285 g/mol. The number of ketones is 1. The quantitative estimate of drug-likeness (QED) is 0.539. The van der Waals surface area contributed by atoms with E-state index in [0.29, 0.717) is 12.6 Å². The number of Topliss-reactive ketones (excluding diaryl/α,β-unsaturated/α-hetero) is 1. The lowest BCUT2D eigenvalue weighted by Gasteiger charge is -2.30. The summed E-state index contributed by atoms with van der Waals surface area (Å²) in [5.74, 6) is -0.614. The zero-order valence-corrected chi connectivity index (χ0v) is 12.9. The van der Waals surface area contributed by atoms with Crippen molar-refractivity contribution in [2.45, 2.75) is 52.5 Å². The van der Waals surface area contributed by atoms with Crippen LogP contribution in [0.15, 0.2) is 0 Å². The third-order valence-electron chi connectivity index (χ3n) is 4.06. The number of carbonyl (C=O) groups excluding carboxylic acids is 2. The Hall–Kier alpha value is -0.940. The summed E-state index contributed by atoms with van der Waals surface area (Å²) in [4.78, 5) is 26.3. The standard InChI is InChI=1S/C15H27NO4/c1-4-20-14(19)15(2,3)13(18)11-16(9-10-17)12-7-5-6-8-12/h12,17H,4-11H2,1-3H3. The number of aliphatic hydroxyl groups excluding tert-OH is 1. The first-order chi connectivity index (χ1) is 9.43. The van der Waals surface area contributed by atoms with Gasteiger partial charge in [0.2, 0.25) is 0 Å². The molecule has 5 heteroatoms. The van der Waals surface area contributed by atoms with Crippen molar-refractivity contribution in [3.05, 3.63) is 0 Å². The van der Waals surface area contributed by atoms with Crippen LogP contribution in [0.5, 0.6) is 0 Å². The summed E-state index contributed by atoms with van der Waals surface area (Å²) in [6, 6.07) is 0.351. The van der Waals surface area contributed by atoms with Gasteiger partial charge < -0.3 is 9.84 Å². The summed E-state index contributed by atoms with van der Waals surface area (Å²) in [7, 11) is 0. The van der Waals surface area contributed by atoms with Crippen LogP contribution in [-0.2, 0) is 14.3 Å². The first-order valence-electron chi connectivity index (χ1n) is 7.49. The molecule has 0 aromatic carbocycles. The minimum absolute atomic E-state index is 0.0314.